The molecule has 0 aliphatic carbocycles. The Bertz CT molecular complexity index is 1050. The number of aromatic amines is 1. The molecule has 148 valence electrons. The van der Waals surface area contributed by atoms with Crippen molar-refractivity contribution in [1.82, 2.24) is 19.3 Å². The van der Waals surface area contributed by atoms with Crippen molar-refractivity contribution in [3.8, 4) is 5.69 Å². The van der Waals surface area contributed by atoms with Crippen LogP contribution in [0.3, 0.4) is 0 Å². The van der Waals surface area contributed by atoms with Crippen LogP contribution in [0, 0.1) is 13.8 Å². The summed E-state index contributed by atoms with van der Waals surface area (Å²) in [6, 6.07) is 9.44. The number of Topliss-reactive ketones (excluding diaryl/α,β-unsaturated/α-hetero) is 1. The van der Waals surface area contributed by atoms with Gasteiger partial charge < -0.3 is 4.57 Å². The van der Waals surface area contributed by atoms with Crippen LogP contribution in [-0.4, -0.2) is 30.4 Å². The predicted octanol–water partition coefficient (Wildman–Crippen LogP) is 4.41. The fourth-order valence-corrected chi connectivity index (χ4v) is 4.32. The van der Waals surface area contributed by atoms with Gasteiger partial charge in [0.2, 0.25) is 0 Å². The molecule has 0 aliphatic heterocycles. The molecule has 3 rings (SSSR count). The number of carbonyl (C=O) groups excluding carboxylic acids is 1. The maximum atomic E-state index is 13.1. The molecule has 0 unspecified atom stereocenters. The Hall–Kier alpha value is -2.25. The van der Waals surface area contributed by atoms with E-state index in [1.165, 1.54) is 11.8 Å². The van der Waals surface area contributed by atoms with Crippen LogP contribution in [-0.2, 0) is 6.54 Å². The van der Waals surface area contributed by atoms with Gasteiger partial charge in [0.1, 0.15) is 0 Å². The smallest absolute Gasteiger partial charge is 0.318 e. The third kappa shape index (κ3) is 3.95. The summed E-state index contributed by atoms with van der Waals surface area (Å²) >= 11 is 7.29. The summed E-state index contributed by atoms with van der Waals surface area (Å²) < 4.78 is 3.62. The number of carbonyl (C=O) groups is 1. The van der Waals surface area contributed by atoms with E-state index in [9.17, 15) is 9.59 Å². The first kappa shape index (κ1) is 20.5. The van der Waals surface area contributed by atoms with Crippen LogP contribution in [0.5, 0.6) is 0 Å². The fourth-order valence-electron chi connectivity index (χ4n) is 3.24. The van der Waals surface area contributed by atoms with Gasteiger partial charge in [-0.25, -0.2) is 9.89 Å². The van der Waals surface area contributed by atoms with Gasteiger partial charge in [-0.05, 0) is 57.5 Å². The maximum absolute atomic E-state index is 13.1. The molecule has 2 aromatic heterocycles. The Labute approximate surface area is 172 Å². The quantitative estimate of drug-likeness (QED) is 0.455. The van der Waals surface area contributed by atoms with Gasteiger partial charge >= 0.3 is 5.69 Å². The number of rotatable bonds is 7. The lowest BCUT2D eigenvalue weighted by atomic mass is 10.1. The normalized spacial score (nSPS) is 12.3. The van der Waals surface area contributed by atoms with E-state index in [1.54, 1.807) is 4.57 Å². The van der Waals surface area contributed by atoms with Crippen LogP contribution in [0.2, 0.25) is 5.02 Å². The highest BCUT2D eigenvalue weighted by atomic mass is 35.5. The highest BCUT2D eigenvalue weighted by Crippen LogP contribution is 2.28. The number of hydrogen-bond acceptors (Lipinski definition) is 4. The van der Waals surface area contributed by atoms with Crippen LogP contribution < -0.4 is 5.69 Å². The standard InChI is InChI=1S/C20H23ClN4O2S/c1-5-10-24-19(27)22-23-20(24)28-14(4)18(26)17-11-12(2)25(13(17)3)16-8-6-15(21)7-9-16/h6-9,11,14H,5,10H2,1-4H3,(H,22,27)/t14-/m1/s1. The molecule has 2 heterocycles. The molecule has 0 fully saturated rings. The van der Waals surface area contributed by atoms with Crippen LogP contribution in [0.4, 0.5) is 0 Å². The summed E-state index contributed by atoms with van der Waals surface area (Å²) in [5, 5.41) is 7.38. The number of nitrogens with zero attached hydrogens (tertiary/aromatic N) is 3. The monoisotopic (exact) mass is 418 g/mol. The Morgan fingerprint density at radius 2 is 1.96 bits per heavy atom. The molecule has 0 saturated heterocycles. The van der Waals surface area contributed by atoms with Crippen LogP contribution in [0.1, 0.15) is 42.0 Å². The van der Waals surface area contributed by atoms with Crippen LogP contribution >= 0.6 is 23.4 Å². The zero-order valence-corrected chi connectivity index (χ0v) is 17.9. The number of hydrogen-bond donors (Lipinski definition) is 1. The maximum Gasteiger partial charge on any atom is 0.343 e. The minimum Gasteiger partial charge on any atom is -0.318 e. The largest absolute Gasteiger partial charge is 0.343 e. The molecule has 1 atom stereocenters. The van der Waals surface area contributed by atoms with E-state index < -0.39 is 0 Å². The summed E-state index contributed by atoms with van der Waals surface area (Å²) in [7, 11) is 0. The van der Waals surface area contributed by atoms with E-state index in [0.717, 1.165) is 23.5 Å². The van der Waals surface area contributed by atoms with Crippen molar-refractivity contribution < 1.29 is 4.79 Å². The lowest BCUT2D eigenvalue weighted by Gasteiger charge is -2.12. The number of aromatic nitrogens is 4. The molecule has 6 nitrogen and oxygen atoms in total. The molecular weight excluding hydrogens is 396 g/mol. The highest BCUT2D eigenvalue weighted by Gasteiger charge is 2.24. The van der Waals surface area contributed by atoms with E-state index >= 15 is 0 Å². The van der Waals surface area contributed by atoms with Crippen molar-refractivity contribution in [2.75, 3.05) is 0 Å². The summed E-state index contributed by atoms with van der Waals surface area (Å²) in [4.78, 5) is 25.0. The van der Waals surface area contributed by atoms with E-state index in [4.69, 9.17) is 11.6 Å². The van der Waals surface area contributed by atoms with E-state index in [1.807, 2.05) is 62.6 Å². The van der Waals surface area contributed by atoms with Gasteiger partial charge in [-0.15, -0.1) is 5.10 Å². The third-order valence-electron chi connectivity index (χ3n) is 4.60. The molecule has 0 amide bonds. The highest BCUT2D eigenvalue weighted by molar-refractivity contribution is 8.00. The Balaban J connectivity index is 1.88. The minimum atomic E-state index is -0.370. The number of H-pyrrole nitrogens is 1. The predicted molar refractivity (Wildman–Crippen MR) is 113 cm³/mol. The second-order valence-electron chi connectivity index (χ2n) is 6.68. The Kier molecular flexibility index (Phi) is 6.15. The van der Waals surface area contributed by atoms with E-state index in [2.05, 4.69) is 10.2 Å². The molecule has 3 aromatic rings. The zero-order valence-electron chi connectivity index (χ0n) is 16.3. The lowest BCUT2D eigenvalue weighted by molar-refractivity contribution is 0.0993. The first-order valence-electron chi connectivity index (χ1n) is 9.14. The first-order chi connectivity index (χ1) is 13.3. The summed E-state index contributed by atoms with van der Waals surface area (Å²) in [5.74, 6) is 0.0109. The Morgan fingerprint density at radius 3 is 2.61 bits per heavy atom. The summed E-state index contributed by atoms with van der Waals surface area (Å²) in [6.07, 6.45) is 0.817. The van der Waals surface area contributed by atoms with Crippen LogP contribution in [0.25, 0.3) is 5.69 Å². The lowest BCUT2D eigenvalue weighted by Crippen LogP contribution is -2.19. The number of benzene rings is 1. The molecule has 8 heteroatoms. The van der Waals surface area contributed by atoms with Crippen molar-refractivity contribution in [3.63, 3.8) is 0 Å². The Morgan fingerprint density at radius 1 is 1.29 bits per heavy atom. The van der Waals surface area contributed by atoms with Gasteiger partial charge in [0, 0.05) is 34.2 Å². The van der Waals surface area contributed by atoms with Gasteiger partial charge in [-0.3, -0.25) is 9.36 Å². The summed E-state index contributed by atoms with van der Waals surface area (Å²) in [5.41, 5.74) is 3.24. The van der Waals surface area contributed by atoms with Gasteiger partial charge in [-0.1, -0.05) is 30.3 Å². The average molecular weight is 419 g/mol. The van der Waals surface area contributed by atoms with Gasteiger partial charge in [0.25, 0.3) is 0 Å². The number of aryl methyl sites for hydroxylation is 1. The van der Waals surface area contributed by atoms with Gasteiger partial charge in [-0.2, -0.15) is 0 Å². The molecule has 0 saturated carbocycles. The molecular formula is C20H23ClN4O2S. The van der Waals surface area contributed by atoms with Crippen molar-refractivity contribution in [1.29, 1.82) is 0 Å². The van der Waals surface area contributed by atoms with E-state index in [-0.39, 0.29) is 16.7 Å². The van der Waals surface area contributed by atoms with Crippen LogP contribution in [0.15, 0.2) is 40.3 Å². The zero-order chi connectivity index (χ0) is 20.4. The number of ketones is 1. The molecule has 0 radical (unpaired) electrons. The second-order valence-corrected chi connectivity index (χ2v) is 8.43. The number of thioether (sulfide) groups is 1. The van der Waals surface area contributed by atoms with Crippen molar-refractivity contribution >= 4 is 29.1 Å². The van der Waals surface area contributed by atoms with Gasteiger partial charge in [0.05, 0.1) is 5.25 Å². The number of halogens is 1. The molecule has 0 aliphatic rings. The molecule has 0 bridgehead atoms. The summed E-state index contributed by atoms with van der Waals surface area (Å²) in [6.45, 7) is 8.32. The molecule has 28 heavy (non-hydrogen) atoms. The number of nitrogens with one attached hydrogen (secondary N) is 1. The molecule has 1 aromatic carbocycles. The topological polar surface area (TPSA) is 72.7 Å². The van der Waals surface area contributed by atoms with E-state index in [0.29, 0.717) is 22.3 Å². The average Bonchev–Trinajstić information content (AvgIpc) is 3.15. The minimum absolute atomic E-state index is 0.0109. The fraction of sp³-hybridized carbons (Fsp3) is 0.350. The molecule has 1 N–H and O–H groups in total. The van der Waals surface area contributed by atoms with Gasteiger partial charge in [0.15, 0.2) is 10.9 Å². The van der Waals surface area contributed by atoms with Crippen molar-refractivity contribution in [2.45, 2.75) is 51.1 Å². The second kappa shape index (κ2) is 8.41. The first-order valence-corrected chi connectivity index (χ1v) is 10.4. The third-order valence-corrected chi connectivity index (χ3v) is 5.95. The van der Waals surface area contributed by atoms with Crippen molar-refractivity contribution in [3.05, 3.63) is 62.8 Å². The SMILES string of the molecule is CCCn1c(S[C@H](C)C(=O)c2cc(C)n(-c3ccc(Cl)cc3)c2C)n[nH]c1=O. The molecule has 0 spiro atoms. The van der Waals surface area contributed by atoms with Crippen molar-refractivity contribution in [2.24, 2.45) is 0 Å².